The number of hydrogen-bond acceptors (Lipinski definition) is 5. The number of benzene rings is 1. The van der Waals surface area contributed by atoms with Gasteiger partial charge < -0.3 is 16.0 Å². The number of rotatable bonds is 9. The number of nitrogens with zero attached hydrogens (tertiary/aromatic N) is 2. The molecule has 6 heteroatoms. The van der Waals surface area contributed by atoms with Crippen LogP contribution in [0.15, 0.2) is 60.3 Å². The maximum atomic E-state index is 13.1. The van der Waals surface area contributed by atoms with Crippen LogP contribution >= 0.6 is 0 Å². The van der Waals surface area contributed by atoms with E-state index in [1.165, 1.54) is 51.4 Å². The zero-order chi connectivity index (χ0) is 28.0. The Kier molecular flexibility index (Phi) is 9.15. The van der Waals surface area contributed by atoms with Crippen LogP contribution in [-0.2, 0) is 11.2 Å². The number of amides is 1. The quantitative estimate of drug-likeness (QED) is 0.294. The van der Waals surface area contributed by atoms with Gasteiger partial charge in [-0.1, -0.05) is 56.0 Å². The van der Waals surface area contributed by atoms with Crippen LogP contribution in [0.3, 0.4) is 0 Å². The summed E-state index contributed by atoms with van der Waals surface area (Å²) in [6.45, 7) is 6.62. The van der Waals surface area contributed by atoms with E-state index in [1.54, 1.807) is 0 Å². The van der Waals surface area contributed by atoms with Gasteiger partial charge in [-0.15, -0.1) is 0 Å². The monoisotopic (exact) mass is 539 g/mol. The molecule has 2 aromatic rings. The molecule has 0 bridgehead atoms. The van der Waals surface area contributed by atoms with Crippen molar-refractivity contribution in [2.45, 2.75) is 96.1 Å². The molecule has 2 heterocycles. The summed E-state index contributed by atoms with van der Waals surface area (Å²) in [7, 11) is 0. The molecule has 0 radical (unpaired) electrons. The van der Waals surface area contributed by atoms with Crippen molar-refractivity contribution in [2.24, 2.45) is 0 Å². The summed E-state index contributed by atoms with van der Waals surface area (Å²) in [5, 5.41) is 15.7. The molecule has 3 N–H and O–H groups in total. The summed E-state index contributed by atoms with van der Waals surface area (Å²) in [5.41, 5.74) is 5.27. The van der Waals surface area contributed by atoms with Gasteiger partial charge in [-0.05, 0) is 101 Å². The molecule has 1 aromatic heterocycles. The number of aryl methyl sites for hydroxylation is 2. The van der Waals surface area contributed by atoms with E-state index < -0.39 is 0 Å². The second kappa shape index (κ2) is 12.9. The van der Waals surface area contributed by atoms with Gasteiger partial charge >= 0.3 is 0 Å². The van der Waals surface area contributed by atoms with Crippen molar-refractivity contribution in [1.82, 2.24) is 9.88 Å². The van der Waals surface area contributed by atoms with Crippen molar-refractivity contribution in [2.75, 3.05) is 23.7 Å². The Morgan fingerprint density at radius 1 is 1.10 bits per heavy atom. The molecule has 0 spiro atoms. The molecule has 2 aliphatic carbocycles. The molecule has 1 amide bonds. The molecule has 5 rings (SSSR count). The summed E-state index contributed by atoms with van der Waals surface area (Å²) in [4.78, 5) is 20.2. The Labute approximate surface area is 239 Å². The van der Waals surface area contributed by atoms with Crippen LogP contribution in [0, 0.1) is 12.3 Å². The fourth-order valence-electron chi connectivity index (χ4n) is 6.42. The second-order valence-electron chi connectivity index (χ2n) is 12.1. The smallest absolute Gasteiger partial charge is 0.255 e. The van der Waals surface area contributed by atoms with Crippen molar-refractivity contribution in [1.29, 1.82) is 5.41 Å². The number of hydrogen-bond donors (Lipinski definition) is 3. The Morgan fingerprint density at radius 2 is 1.88 bits per heavy atom. The van der Waals surface area contributed by atoms with Gasteiger partial charge in [-0.25, -0.2) is 4.98 Å². The van der Waals surface area contributed by atoms with Crippen LogP contribution in [-0.4, -0.2) is 46.2 Å². The summed E-state index contributed by atoms with van der Waals surface area (Å²) in [5.74, 6) is 0.786. The minimum Gasteiger partial charge on any atom is -0.367 e. The number of carbonyl (C=O) groups is 1. The predicted octanol–water partition coefficient (Wildman–Crippen LogP) is 7.20. The average molecular weight is 540 g/mol. The Hall–Kier alpha value is -3.25. The molecule has 3 aliphatic rings. The molecule has 212 valence electrons. The van der Waals surface area contributed by atoms with E-state index in [2.05, 4.69) is 52.6 Å². The molecule has 1 aromatic carbocycles. The number of nitrogens with one attached hydrogen (secondary N) is 3. The first kappa shape index (κ1) is 28.3. The summed E-state index contributed by atoms with van der Waals surface area (Å²) >= 11 is 0. The zero-order valence-electron chi connectivity index (χ0n) is 24.3. The lowest BCUT2D eigenvalue weighted by atomic mass is 9.87. The Morgan fingerprint density at radius 3 is 2.62 bits per heavy atom. The van der Waals surface area contributed by atoms with Crippen molar-refractivity contribution >= 4 is 23.1 Å². The van der Waals surface area contributed by atoms with Crippen LogP contribution in [0.2, 0.25) is 0 Å². The SMILES string of the molecule is Cc1ccnc(NC2CCCCC2)c1C(=N)CCc1cccc(NC(=O)C2=CCC(C)(N3CCCCC3)C=C2)c1. The first-order valence-electron chi connectivity index (χ1n) is 15.3. The van der Waals surface area contributed by atoms with Crippen molar-refractivity contribution < 1.29 is 4.79 Å². The molecule has 40 heavy (non-hydrogen) atoms. The maximum absolute atomic E-state index is 13.1. The van der Waals surface area contributed by atoms with Gasteiger partial charge in [0.25, 0.3) is 5.91 Å². The molecule has 2 fully saturated rings. The van der Waals surface area contributed by atoms with Crippen LogP contribution in [0.25, 0.3) is 0 Å². The highest BCUT2D eigenvalue weighted by Crippen LogP contribution is 2.30. The second-order valence-corrected chi connectivity index (χ2v) is 12.1. The van der Waals surface area contributed by atoms with Crippen LogP contribution in [0.1, 0.15) is 87.8 Å². The van der Waals surface area contributed by atoms with E-state index >= 15 is 0 Å². The minimum absolute atomic E-state index is 0.00694. The van der Waals surface area contributed by atoms with Crippen molar-refractivity contribution in [3.05, 3.63) is 77.0 Å². The van der Waals surface area contributed by atoms with Crippen LogP contribution < -0.4 is 10.6 Å². The number of piperidine rings is 1. The van der Waals surface area contributed by atoms with Gasteiger partial charge in [0.15, 0.2) is 0 Å². The lowest BCUT2D eigenvalue weighted by Gasteiger charge is -2.42. The molecular formula is C34H45N5O. The molecule has 1 saturated heterocycles. The predicted molar refractivity (Wildman–Crippen MR) is 165 cm³/mol. The molecule has 6 nitrogen and oxygen atoms in total. The van der Waals surface area contributed by atoms with Gasteiger partial charge in [0.05, 0.1) is 0 Å². The zero-order valence-corrected chi connectivity index (χ0v) is 24.3. The minimum atomic E-state index is -0.0637. The third-order valence-corrected chi connectivity index (χ3v) is 8.95. The first-order chi connectivity index (χ1) is 19.4. The normalized spacial score (nSPS) is 22.0. The largest absolute Gasteiger partial charge is 0.367 e. The number of pyridine rings is 1. The van der Waals surface area contributed by atoms with E-state index in [4.69, 9.17) is 5.41 Å². The molecule has 1 unspecified atom stereocenters. The standard InChI is InChI=1S/C34H45N5O/c1-25-18-21-36-32(37-28-11-5-3-6-12-28)31(25)30(35)15-14-26-10-9-13-29(24-26)38-33(40)27-16-19-34(2,20-17-27)39-22-7-4-8-23-39/h9-10,13,16-19,21,24,28,35H,3-8,11-12,14-15,20,22-23H2,1-2H3,(H,36,37)(H,38,40). The number of carbonyl (C=O) groups excluding carboxylic acids is 1. The van der Waals surface area contributed by atoms with E-state index in [0.29, 0.717) is 18.2 Å². The van der Waals surface area contributed by atoms with E-state index in [1.807, 2.05) is 36.5 Å². The van der Waals surface area contributed by atoms with E-state index in [0.717, 1.165) is 59.7 Å². The van der Waals surface area contributed by atoms with Gasteiger partial charge in [-0.2, -0.15) is 0 Å². The van der Waals surface area contributed by atoms with Gasteiger partial charge in [0, 0.05) is 40.3 Å². The Balaban J connectivity index is 1.18. The third kappa shape index (κ3) is 6.90. The molecule has 1 atom stereocenters. The average Bonchev–Trinajstić information content (AvgIpc) is 2.97. The molecular weight excluding hydrogens is 494 g/mol. The first-order valence-corrected chi connectivity index (χ1v) is 15.3. The highest BCUT2D eigenvalue weighted by molar-refractivity contribution is 6.06. The lowest BCUT2D eigenvalue weighted by Crippen LogP contribution is -2.48. The molecule has 1 aliphatic heterocycles. The van der Waals surface area contributed by atoms with Gasteiger partial charge in [0.2, 0.25) is 0 Å². The van der Waals surface area contributed by atoms with Gasteiger partial charge in [-0.3, -0.25) is 9.69 Å². The number of likely N-dealkylation sites (tertiary alicyclic amines) is 1. The van der Waals surface area contributed by atoms with E-state index in [9.17, 15) is 4.79 Å². The number of aromatic nitrogens is 1. The Bertz CT molecular complexity index is 1270. The summed E-state index contributed by atoms with van der Waals surface area (Å²) in [6, 6.07) is 10.5. The summed E-state index contributed by atoms with van der Waals surface area (Å²) < 4.78 is 0. The fourth-order valence-corrected chi connectivity index (χ4v) is 6.42. The highest BCUT2D eigenvalue weighted by atomic mass is 16.1. The van der Waals surface area contributed by atoms with Crippen LogP contribution in [0.5, 0.6) is 0 Å². The highest BCUT2D eigenvalue weighted by Gasteiger charge is 2.31. The maximum Gasteiger partial charge on any atom is 0.255 e. The van der Waals surface area contributed by atoms with Crippen molar-refractivity contribution in [3.63, 3.8) is 0 Å². The van der Waals surface area contributed by atoms with Crippen molar-refractivity contribution in [3.8, 4) is 0 Å². The fraction of sp³-hybridized carbons (Fsp3) is 0.500. The van der Waals surface area contributed by atoms with Crippen LogP contribution in [0.4, 0.5) is 11.5 Å². The van der Waals surface area contributed by atoms with Gasteiger partial charge in [0.1, 0.15) is 5.82 Å². The molecule has 1 saturated carbocycles. The number of anilines is 2. The lowest BCUT2D eigenvalue weighted by molar-refractivity contribution is -0.112. The van der Waals surface area contributed by atoms with E-state index in [-0.39, 0.29) is 11.4 Å². The topological polar surface area (TPSA) is 81.1 Å². The summed E-state index contributed by atoms with van der Waals surface area (Å²) in [6.07, 6.45) is 20.4. The third-order valence-electron chi connectivity index (χ3n) is 8.95.